The number of carbonyl (C=O) groups is 2. The molecule has 5 nitrogen and oxygen atoms in total. The maximum atomic E-state index is 12.4. The zero-order valence-corrected chi connectivity index (χ0v) is 17.0. The van der Waals surface area contributed by atoms with Crippen LogP contribution < -0.4 is 11.1 Å². The number of benzene rings is 2. The van der Waals surface area contributed by atoms with Crippen molar-refractivity contribution in [1.29, 1.82) is 0 Å². The van der Waals surface area contributed by atoms with E-state index in [0.29, 0.717) is 35.8 Å². The van der Waals surface area contributed by atoms with Gasteiger partial charge in [-0.3, -0.25) is 9.59 Å². The van der Waals surface area contributed by atoms with Gasteiger partial charge in [0, 0.05) is 18.8 Å². The summed E-state index contributed by atoms with van der Waals surface area (Å²) in [6.07, 6.45) is 0.443. The molecule has 2 aromatic carbocycles. The fourth-order valence-electron chi connectivity index (χ4n) is 2.64. The Hall–Kier alpha value is -2.08. The monoisotopic (exact) mass is 409 g/mol. The number of nitrogens with one attached hydrogen (secondary N) is 1. The van der Waals surface area contributed by atoms with E-state index in [9.17, 15) is 9.59 Å². The van der Waals surface area contributed by atoms with Gasteiger partial charge in [0.1, 0.15) is 0 Å². The van der Waals surface area contributed by atoms with E-state index in [2.05, 4.69) is 5.32 Å². The summed E-state index contributed by atoms with van der Waals surface area (Å²) >= 11 is 6.25. The molecule has 146 valence electrons. The molecule has 3 N–H and O–H groups in total. The van der Waals surface area contributed by atoms with E-state index < -0.39 is 6.04 Å². The smallest absolute Gasteiger partial charge is 0.255 e. The highest BCUT2D eigenvalue weighted by Gasteiger charge is 2.18. The average molecular weight is 410 g/mol. The second-order valence-electron chi connectivity index (χ2n) is 5.96. The lowest BCUT2D eigenvalue weighted by molar-refractivity contribution is -0.117. The molecule has 0 saturated heterocycles. The first kappa shape index (κ1) is 23.0. The van der Waals surface area contributed by atoms with Crippen molar-refractivity contribution >= 4 is 41.5 Å². The minimum atomic E-state index is -0.673. The van der Waals surface area contributed by atoms with E-state index in [1.807, 2.05) is 44.2 Å². The van der Waals surface area contributed by atoms with E-state index in [4.69, 9.17) is 17.3 Å². The number of hydrogen-bond donors (Lipinski definition) is 2. The fraction of sp³-hybridized carbons (Fsp3) is 0.300. The van der Waals surface area contributed by atoms with Crippen LogP contribution in [-0.4, -0.2) is 35.8 Å². The molecule has 7 heteroatoms. The summed E-state index contributed by atoms with van der Waals surface area (Å²) in [7, 11) is 0. The lowest BCUT2D eigenvalue weighted by Crippen LogP contribution is -2.37. The third-order valence-electron chi connectivity index (χ3n) is 4.15. The first-order valence-corrected chi connectivity index (χ1v) is 9.03. The third-order valence-corrected chi connectivity index (χ3v) is 4.47. The van der Waals surface area contributed by atoms with Crippen LogP contribution in [0.1, 0.15) is 29.8 Å². The summed E-state index contributed by atoms with van der Waals surface area (Å²) < 4.78 is 0. The quantitative estimate of drug-likeness (QED) is 0.730. The lowest BCUT2D eigenvalue weighted by Gasteiger charge is -2.19. The number of rotatable bonds is 7. The van der Waals surface area contributed by atoms with Crippen LogP contribution in [0.5, 0.6) is 0 Å². The van der Waals surface area contributed by atoms with Crippen molar-refractivity contribution in [2.75, 3.05) is 18.4 Å². The molecule has 2 amide bonds. The lowest BCUT2D eigenvalue weighted by atomic mass is 10.1. The van der Waals surface area contributed by atoms with Gasteiger partial charge in [-0.25, -0.2) is 0 Å². The molecule has 0 radical (unpaired) electrons. The Balaban J connectivity index is 0.00000364. The van der Waals surface area contributed by atoms with Crippen molar-refractivity contribution in [2.45, 2.75) is 26.3 Å². The van der Waals surface area contributed by atoms with Crippen molar-refractivity contribution in [3.63, 3.8) is 0 Å². The molecule has 0 heterocycles. The molecule has 0 saturated carbocycles. The van der Waals surface area contributed by atoms with Crippen LogP contribution in [0.2, 0.25) is 5.02 Å². The van der Waals surface area contributed by atoms with Crippen molar-refractivity contribution < 1.29 is 9.59 Å². The number of hydrogen-bond acceptors (Lipinski definition) is 3. The Kier molecular flexibility index (Phi) is 9.29. The number of anilines is 1. The Morgan fingerprint density at radius 1 is 1.11 bits per heavy atom. The Morgan fingerprint density at radius 3 is 2.30 bits per heavy atom. The van der Waals surface area contributed by atoms with E-state index in [1.54, 1.807) is 23.1 Å². The number of halogens is 2. The number of nitrogens with zero attached hydrogens (tertiary/aromatic N) is 1. The van der Waals surface area contributed by atoms with Crippen LogP contribution in [0.25, 0.3) is 0 Å². The number of carbonyl (C=O) groups excluding carboxylic acids is 2. The molecule has 0 spiro atoms. The molecule has 0 bridgehead atoms. The molecule has 0 aromatic heterocycles. The first-order chi connectivity index (χ1) is 12.5. The highest BCUT2D eigenvalue weighted by Crippen LogP contribution is 2.22. The van der Waals surface area contributed by atoms with Gasteiger partial charge in [-0.15, -0.1) is 12.4 Å². The maximum Gasteiger partial charge on any atom is 0.255 e. The van der Waals surface area contributed by atoms with Gasteiger partial charge in [0.2, 0.25) is 5.91 Å². The highest BCUT2D eigenvalue weighted by molar-refractivity contribution is 6.34. The molecular formula is C20H25Cl2N3O2. The molecular weight excluding hydrogens is 385 g/mol. The molecule has 0 aliphatic heterocycles. The molecule has 0 unspecified atom stereocenters. The topological polar surface area (TPSA) is 75.4 Å². The maximum absolute atomic E-state index is 12.4. The SMILES string of the molecule is CCN(CC)C(=O)c1ccc(NC(=O)[C@@H](N)Cc2ccccc2)cc1Cl.Cl. The van der Waals surface area contributed by atoms with E-state index >= 15 is 0 Å². The summed E-state index contributed by atoms with van der Waals surface area (Å²) in [5, 5.41) is 3.05. The van der Waals surface area contributed by atoms with Gasteiger partial charge in [-0.1, -0.05) is 41.9 Å². The van der Waals surface area contributed by atoms with Crippen LogP contribution in [0, 0.1) is 0 Å². The Bertz CT molecular complexity index is 765. The van der Waals surface area contributed by atoms with E-state index in [1.165, 1.54) is 0 Å². The number of amides is 2. The predicted molar refractivity (Wildman–Crippen MR) is 113 cm³/mol. The second-order valence-corrected chi connectivity index (χ2v) is 6.36. The van der Waals surface area contributed by atoms with Crippen LogP contribution in [0.15, 0.2) is 48.5 Å². The van der Waals surface area contributed by atoms with Gasteiger partial charge in [-0.05, 0) is 44.0 Å². The van der Waals surface area contributed by atoms with Crippen molar-refractivity contribution in [3.05, 3.63) is 64.7 Å². The Morgan fingerprint density at radius 2 is 1.74 bits per heavy atom. The van der Waals surface area contributed by atoms with Gasteiger partial charge in [-0.2, -0.15) is 0 Å². The van der Waals surface area contributed by atoms with Gasteiger partial charge in [0.05, 0.1) is 16.6 Å². The van der Waals surface area contributed by atoms with Crippen LogP contribution in [-0.2, 0) is 11.2 Å². The summed E-state index contributed by atoms with van der Waals surface area (Å²) in [5.74, 6) is -0.425. The number of nitrogens with two attached hydrogens (primary N) is 1. The summed E-state index contributed by atoms with van der Waals surface area (Å²) in [6, 6.07) is 13.8. The zero-order valence-electron chi connectivity index (χ0n) is 15.4. The van der Waals surface area contributed by atoms with Crippen LogP contribution >= 0.6 is 24.0 Å². The summed E-state index contributed by atoms with van der Waals surface area (Å²) in [4.78, 5) is 26.4. The van der Waals surface area contributed by atoms with Crippen LogP contribution in [0.4, 0.5) is 5.69 Å². The van der Waals surface area contributed by atoms with Crippen molar-refractivity contribution in [1.82, 2.24) is 4.90 Å². The van der Waals surface area contributed by atoms with Crippen molar-refractivity contribution in [2.24, 2.45) is 5.73 Å². The molecule has 0 aliphatic rings. The van der Waals surface area contributed by atoms with Gasteiger partial charge >= 0.3 is 0 Å². The summed E-state index contributed by atoms with van der Waals surface area (Å²) in [5.41, 5.74) is 7.91. The minimum Gasteiger partial charge on any atom is -0.339 e. The summed E-state index contributed by atoms with van der Waals surface area (Å²) in [6.45, 7) is 5.05. The van der Waals surface area contributed by atoms with Gasteiger partial charge in [0.25, 0.3) is 5.91 Å². The highest BCUT2D eigenvalue weighted by atomic mass is 35.5. The molecule has 27 heavy (non-hydrogen) atoms. The average Bonchev–Trinajstić information content (AvgIpc) is 2.63. The first-order valence-electron chi connectivity index (χ1n) is 8.65. The normalized spacial score (nSPS) is 11.3. The van der Waals surface area contributed by atoms with Gasteiger partial charge < -0.3 is 16.0 Å². The zero-order chi connectivity index (χ0) is 19.1. The molecule has 1 atom stereocenters. The van der Waals surface area contributed by atoms with Crippen molar-refractivity contribution in [3.8, 4) is 0 Å². The van der Waals surface area contributed by atoms with E-state index in [0.717, 1.165) is 5.56 Å². The molecule has 2 aromatic rings. The third kappa shape index (κ3) is 6.24. The van der Waals surface area contributed by atoms with E-state index in [-0.39, 0.29) is 24.2 Å². The second kappa shape index (κ2) is 10.9. The minimum absolute atomic E-state index is 0. The Labute approximate surface area is 171 Å². The standard InChI is InChI=1S/C20H24ClN3O2.ClH/c1-3-24(4-2)20(26)16-11-10-15(13-17(16)21)23-19(25)18(22)12-14-8-6-5-7-9-14;/h5-11,13,18H,3-4,12,22H2,1-2H3,(H,23,25);1H/t18-;/m0./s1. The largest absolute Gasteiger partial charge is 0.339 e. The fourth-order valence-corrected chi connectivity index (χ4v) is 2.90. The molecule has 2 rings (SSSR count). The van der Waals surface area contributed by atoms with Crippen LogP contribution in [0.3, 0.4) is 0 Å². The molecule has 0 aliphatic carbocycles. The predicted octanol–water partition coefficient (Wildman–Crippen LogP) is 3.75. The molecule has 0 fully saturated rings. The van der Waals surface area contributed by atoms with Gasteiger partial charge in [0.15, 0.2) is 0 Å².